The molecule has 0 spiro atoms. The summed E-state index contributed by atoms with van der Waals surface area (Å²) in [5.41, 5.74) is 5.18. The molecule has 250 valence electrons. The largest absolute Gasteiger partial charge is 0.381 e. The Morgan fingerprint density at radius 3 is 2.33 bits per heavy atom. The molecule has 2 aromatic carbocycles. The van der Waals surface area contributed by atoms with Crippen LogP contribution >= 0.6 is 23.1 Å². The van der Waals surface area contributed by atoms with E-state index in [0.29, 0.717) is 31.6 Å². The van der Waals surface area contributed by atoms with Crippen molar-refractivity contribution in [3.8, 4) is 0 Å². The van der Waals surface area contributed by atoms with E-state index in [4.69, 9.17) is 9.11 Å². The van der Waals surface area contributed by atoms with Crippen LogP contribution in [0.4, 0.5) is 5.69 Å². The molecular formula is C34H44N2O6S4. The van der Waals surface area contributed by atoms with Crippen LogP contribution in [-0.2, 0) is 26.7 Å². The monoisotopic (exact) mass is 704 g/mol. The van der Waals surface area contributed by atoms with Gasteiger partial charge in [0.05, 0.1) is 22.6 Å². The van der Waals surface area contributed by atoms with Crippen LogP contribution in [-0.4, -0.2) is 68.4 Å². The zero-order chi connectivity index (χ0) is 32.9. The first-order valence-electron chi connectivity index (χ1n) is 15.9. The summed E-state index contributed by atoms with van der Waals surface area (Å²) in [6.45, 7) is 0.756. The Labute approximate surface area is 282 Å². The minimum absolute atomic E-state index is 0.202. The zero-order valence-electron chi connectivity index (χ0n) is 26.5. The van der Waals surface area contributed by atoms with E-state index in [1.165, 1.54) is 42.4 Å². The molecule has 0 saturated carbocycles. The van der Waals surface area contributed by atoms with Gasteiger partial charge in [-0.2, -0.15) is 16.8 Å². The third-order valence-corrected chi connectivity index (χ3v) is 13.0. The highest BCUT2D eigenvalue weighted by Gasteiger charge is 2.32. The van der Waals surface area contributed by atoms with Gasteiger partial charge >= 0.3 is 0 Å². The summed E-state index contributed by atoms with van der Waals surface area (Å²) in [7, 11) is -3.64. The number of aryl methyl sites for hydroxylation is 1. The van der Waals surface area contributed by atoms with Crippen molar-refractivity contribution < 1.29 is 25.9 Å². The average Bonchev–Trinajstić information content (AvgIpc) is 3.67. The van der Waals surface area contributed by atoms with Crippen LogP contribution in [0.3, 0.4) is 0 Å². The number of fused-ring (bicyclic) bond motifs is 2. The molecule has 0 saturated heterocycles. The third-order valence-electron chi connectivity index (χ3n) is 8.80. The molecule has 2 aliphatic rings. The number of hydrogen-bond donors (Lipinski definition) is 2. The Bertz CT molecular complexity index is 1800. The average molecular weight is 705 g/mol. The van der Waals surface area contributed by atoms with Gasteiger partial charge in [-0.3, -0.25) is 9.11 Å². The molecule has 3 aromatic rings. The molecule has 12 heteroatoms. The number of hydrogen-bond acceptors (Lipinski definition) is 8. The summed E-state index contributed by atoms with van der Waals surface area (Å²) >= 11 is 3.66. The van der Waals surface area contributed by atoms with E-state index in [-0.39, 0.29) is 16.9 Å². The number of anilines is 1. The summed E-state index contributed by atoms with van der Waals surface area (Å²) in [5, 5.41) is 1.50. The van der Waals surface area contributed by atoms with Gasteiger partial charge in [-0.1, -0.05) is 48.2 Å². The zero-order valence-corrected chi connectivity index (χ0v) is 29.7. The molecule has 1 aliphatic carbocycles. The Morgan fingerprint density at radius 1 is 0.891 bits per heavy atom. The van der Waals surface area contributed by atoms with Crippen molar-refractivity contribution in [3.63, 3.8) is 0 Å². The summed E-state index contributed by atoms with van der Waals surface area (Å²) in [5.74, 6) is 0.0348. The Morgan fingerprint density at radius 2 is 1.59 bits per heavy atom. The van der Waals surface area contributed by atoms with E-state index < -0.39 is 20.2 Å². The molecule has 2 atom stereocenters. The van der Waals surface area contributed by atoms with Gasteiger partial charge in [0.25, 0.3) is 20.2 Å². The molecule has 2 unspecified atom stereocenters. The fraction of sp³-hybridized carbons (Fsp3) is 0.471. The predicted octanol–water partition coefficient (Wildman–Crippen LogP) is 7.74. The van der Waals surface area contributed by atoms with Gasteiger partial charge in [-0.25, -0.2) is 0 Å². The summed E-state index contributed by atoms with van der Waals surface area (Å²) in [4.78, 5) is 7.14. The van der Waals surface area contributed by atoms with Crippen LogP contribution in [0.15, 0.2) is 70.8 Å². The maximum absolute atomic E-state index is 11.2. The second-order valence-corrected chi connectivity index (χ2v) is 17.8. The van der Waals surface area contributed by atoms with Gasteiger partial charge in [-0.05, 0) is 105 Å². The van der Waals surface area contributed by atoms with E-state index in [9.17, 15) is 16.8 Å². The van der Waals surface area contributed by atoms with E-state index >= 15 is 0 Å². The molecule has 0 fully saturated rings. The highest BCUT2D eigenvalue weighted by molar-refractivity contribution is 8.00. The quantitative estimate of drug-likeness (QED) is 0.114. The maximum Gasteiger partial charge on any atom is 0.264 e. The van der Waals surface area contributed by atoms with Crippen LogP contribution in [0, 0.1) is 5.92 Å². The lowest BCUT2D eigenvalue weighted by atomic mass is 9.99. The third kappa shape index (κ3) is 9.17. The highest BCUT2D eigenvalue weighted by atomic mass is 32.2. The first kappa shape index (κ1) is 35.0. The molecule has 0 bridgehead atoms. The van der Waals surface area contributed by atoms with Crippen LogP contribution in [0.2, 0.25) is 0 Å². The number of allylic oxidation sites excluding steroid dienone is 3. The maximum atomic E-state index is 11.2. The Kier molecular flexibility index (Phi) is 11.6. The van der Waals surface area contributed by atoms with Gasteiger partial charge in [0, 0.05) is 40.8 Å². The lowest BCUT2D eigenvalue weighted by Gasteiger charge is -2.29. The summed E-state index contributed by atoms with van der Waals surface area (Å²) < 4.78 is 64.4. The first-order valence-corrected chi connectivity index (χ1v) is 20.8. The van der Waals surface area contributed by atoms with Crippen molar-refractivity contribution in [1.82, 2.24) is 4.90 Å². The van der Waals surface area contributed by atoms with Crippen LogP contribution < -0.4 is 4.90 Å². The molecule has 1 aliphatic heterocycles. The molecule has 2 N–H and O–H groups in total. The van der Waals surface area contributed by atoms with Crippen molar-refractivity contribution in [3.05, 3.63) is 76.3 Å². The van der Waals surface area contributed by atoms with E-state index in [0.717, 1.165) is 38.6 Å². The van der Waals surface area contributed by atoms with Crippen LogP contribution in [0.1, 0.15) is 61.8 Å². The minimum atomic E-state index is -3.95. The molecule has 5 rings (SSSR count). The number of rotatable bonds is 16. The molecule has 0 amide bonds. The number of para-hydroxylation sites is 1. The van der Waals surface area contributed by atoms with E-state index in [1.807, 2.05) is 23.9 Å². The Balaban J connectivity index is 1.28. The van der Waals surface area contributed by atoms with Crippen molar-refractivity contribution in [2.75, 3.05) is 37.0 Å². The SMILES string of the molecule is CN(C)C1=C(/C=C/c2sc3ccccc3c2CCCCS(=O)(=O)O)CCC1CCC1Sc2ccccc2N1CCCCS(=O)(=O)O. The summed E-state index contributed by atoms with van der Waals surface area (Å²) in [6, 6.07) is 16.8. The second-order valence-electron chi connectivity index (χ2n) is 12.4. The Hall–Kier alpha value is -2.35. The fourth-order valence-electron chi connectivity index (χ4n) is 6.78. The fourth-order valence-corrected chi connectivity index (χ4v) is 10.4. The van der Waals surface area contributed by atoms with Gasteiger partial charge in [0.2, 0.25) is 0 Å². The van der Waals surface area contributed by atoms with Crippen LogP contribution in [0.5, 0.6) is 0 Å². The van der Waals surface area contributed by atoms with E-state index in [1.54, 1.807) is 11.3 Å². The van der Waals surface area contributed by atoms with Crippen molar-refractivity contribution in [1.29, 1.82) is 0 Å². The highest BCUT2D eigenvalue weighted by Crippen LogP contribution is 2.47. The molecule has 46 heavy (non-hydrogen) atoms. The van der Waals surface area contributed by atoms with Crippen molar-refractivity contribution >= 4 is 65.2 Å². The molecule has 8 nitrogen and oxygen atoms in total. The van der Waals surface area contributed by atoms with Crippen molar-refractivity contribution in [2.45, 2.75) is 68.1 Å². The van der Waals surface area contributed by atoms with Gasteiger partial charge in [0.1, 0.15) is 0 Å². The number of thiophene rings is 1. The summed E-state index contributed by atoms with van der Waals surface area (Å²) in [6.07, 6.45) is 11.7. The van der Waals surface area contributed by atoms with Gasteiger partial charge in [-0.15, -0.1) is 11.3 Å². The number of nitrogens with zero attached hydrogens (tertiary/aromatic N) is 2. The van der Waals surface area contributed by atoms with Gasteiger partial charge in [0.15, 0.2) is 0 Å². The lowest BCUT2D eigenvalue weighted by molar-refractivity contribution is 0.397. The van der Waals surface area contributed by atoms with Crippen LogP contribution in [0.25, 0.3) is 16.2 Å². The predicted molar refractivity (Wildman–Crippen MR) is 192 cm³/mol. The normalized spacial score (nSPS) is 18.7. The van der Waals surface area contributed by atoms with Crippen molar-refractivity contribution in [2.24, 2.45) is 5.92 Å². The first-order chi connectivity index (χ1) is 21.9. The van der Waals surface area contributed by atoms with Gasteiger partial charge < -0.3 is 9.80 Å². The lowest BCUT2D eigenvalue weighted by Crippen LogP contribution is -2.31. The molecule has 2 heterocycles. The number of thioether (sulfide) groups is 1. The number of benzene rings is 2. The molecule has 1 aromatic heterocycles. The standard InChI is InChI=1S/C34H44N2O6S4/c1-35(2)34-25(18-20-31-28(12-7-9-23-45(37,38)39)27-11-3-5-14-30(27)43-31)16-17-26(34)19-21-33-36(22-8-10-24-46(40,41)42)29-13-4-6-15-32(29)44-33/h3-6,11,13-15,18,20,26,33H,7-10,12,16-17,19,21-24H2,1-2H3,(H,37,38,39)(H,40,41,42)/b20-18+. The molecule has 0 radical (unpaired) electrons. The molecular weight excluding hydrogens is 661 g/mol. The van der Waals surface area contributed by atoms with E-state index in [2.05, 4.69) is 72.4 Å². The topological polar surface area (TPSA) is 115 Å². The second kappa shape index (κ2) is 15.3. The smallest absolute Gasteiger partial charge is 0.264 e. The minimum Gasteiger partial charge on any atom is -0.381 e. The number of unbranched alkanes of at least 4 members (excludes halogenated alkanes) is 2.